The zero-order valence-corrected chi connectivity index (χ0v) is 11.4. The number of hydrogen-bond acceptors (Lipinski definition) is 3. The molecule has 0 heterocycles. The van der Waals surface area contributed by atoms with Crippen LogP contribution in [0, 0.1) is 0 Å². The average molecular weight is 249 g/mol. The van der Waals surface area contributed by atoms with Gasteiger partial charge in [-0.05, 0) is 31.0 Å². The maximum Gasteiger partial charge on any atom is 0.162 e. The van der Waals surface area contributed by atoms with Crippen LogP contribution in [0.1, 0.15) is 56.3 Å². The summed E-state index contributed by atoms with van der Waals surface area (Å²) in [6, 6.07) is 5.32. The summed E-state index contributed by atoms with van der Waals surface area (Å²) in [4.78, 5) is 11.8. The summed E-state index contributed by atoms with van der Waals surface area (Å²) < 4.78 is 5.56. The van der Waals surface area contributed by atoms with Gasteiger partial charge in [0.1, 0.15) is 5.75 Å². The van der Waals surface area contributed by atoms with Gasteiger partial charge in [-0.1, -0.05) is 26.7 Å². The van der Waals surface area contributed by atoms with Crippen LogP contribution in [0.15, 0.2) is 18.2 Å². The minimum atomic E-state index is 0.156. The van der Waals surface area contributed by atoms with Crippen molar-refractivity contribution in [1.29, 1.82) is 0 Å². The number of nitrogens with two attached hydrogens (primary N) is 1. The van der Waals surface area contributed by atoms with E-state index in [-0.39, 0.29) is 5.78 Å². The van der Waals surface area contributed by atoms with Crippen molar-refractivity contribution in [1.82, 2.24) is 0 Å². The van der Waals surface area contributed by atoms with Gasteiger partial charge >= 0.3 is 0 Å². The van der Waals surface area contributed by atoms with Crippen molar-refractivity contribution in [3.8, 4) is 5.75 Å². The number of nitrogen functional groups attached to an aromatic ring is 1. The first-order chi connectivity index (χ1) is 8.69. The van der Waals surface area contributed by atoms with Crippen molar-refractivity contribution >= 4 is 11.5 Å². The molecule has 0 aliphatic heterocycles. The van der Waals surface area contributed by atoms with Gasteiger partial charge in [0.25, 0.3) is 0 Å². The fraction of sp³-hybridized carbons (Fsp3) is 0.533. The maximum atomic E-state index is 11.8. The van der Waals surface area contributed by atoms with Crippen molar-refractivity contribution in [2.24, 2.45) is 0 Å². The Bertz CT molecular complexity index is 388. The Balaban J connectivity index is 2.63. The number of unbranched alkanes of at least 4 members (excludes halogenated alkanes) is 2. The molecular formula is C15H23NO2. The van der Waals surface area contributed by atoms with E-state index >= 15 is 0 Å². The molecule has 1 rings (SSSR count). The number of rotatable bonds is 8. The highest BCUT2D eigenvalue weighted by molar-refractivity contribution is 5.97. The average Bonchev–Trinajstić information content (AvgIpc) is 2.38. The largest absolute Gasteiger partial charge is 0.491 e. The molecule has 0 atom stereocenters. The molecule has 0 fully saturated rings. The first-order valence-corrected chi connectivity index (χ1v) is 6.74. The second-order valence-electron chi connectivity index (χ2n) is 4.48. The minimum absolute atomic E-state index is 0.156. The van der Waals surface area contributed by atoms with E-state index in [1.54, 1.807) is 18.2 Å². The molecule has 18 heavy (non-hydrogen) atoms. The molecule has 100 valence electrons. The number of hydrogen-bond donors (Lipinski definition) is 1. The van der Waals surface area contributed by atoms with Crippen molar-refractivity contribution in [3.05, 3.63) is 23.8 Å². The Hall–Kier alpha value is -1.51. The second-order valence-corrected chi connectivity index (χ2v) is 4.48. The molecule has 0 spiro atoms. The molecule has 3 nitrogen and oxygen atoms in total. The number of ether oxygens (including phenoxy) is 1. The van der Waals surface area contributed by atoms with Crippen LogP contribution in [0.5, 0.6) is 5.75 Å². The summed E-state index contributed by atoms with van der Waals surface area (Å²) in [5.41, 5.74) is 7.13. The van der Waals surface area contributed by atoms with Crippen LogP contribution >= 0.6 is 0 Å². The fourth-order valence-corrected chi connectivity index (χ4v) is 1.66. The van der Waals surface area contributed by atoms with E-state index in [9.17, 15) is 4.79 Å². The Morgan fingerprint density at radius 3 is 2.56 bits per heavy atom. The monoisotopic (exact) mass is 249 g/mol. The van der Waals surface area contributed by atoms with E-state index < -0.39 is 0 Å². The Kier molecular flexibility index (Phi) is 6.26. The van der Waals surface area contributed by atoms with Crippen molar-refractivity contribution in [3.63, 3.8) is 0 Å². The SMILES string of the molecule is CCCCOc1ccc(C(=O)CCCC)cc1N. The summed E-state index contributed by atoms with van der Waals surface area (Å²) in [5.74, 6) is 0.833. The Morgan fingerprint density at radius 1 is 1.22 bits per heavy atom. The number of benzene rings is 1. The van der Waals surface area contributed by atoms with Crippen LogP contribution in [0.2, 0.25) is 0 Å². The van der Waals surface area contributed by atoms with Gasteiger partial charge in [0.15, 0.2) is 5.78 Å². The van der Waals surface area contributed by atoms with Crippen LogP contribution in [0.3, 0.4) is 0 Å². The predicted molar refractivity (Wildman–Crippen MR) is 75.1 cm³/mol. The third-order valence-electron chi connectivity index (χ3n) is 2.84. The van der Waals surface area contributed by atoms with Crippen LogP contribution in [-0.2, 0) is 0 Å². The minimum Gasteiger partial charge on any atom is -0.491 e. The van der Waals surface area contributed by atoms with Crippen LogP contribution in [-0.4, -0.2) is 12.4 Å². The Morgan fingerprint density at radius 2 is 1.94 bits per heavy atom. The number of Topliss-reactive ketones (excluding diaryl/α,β-unsaturated/α-hetero) is 1. The molecule has 0 aromatic heterocycles. The van der Waals surface area contributed by atoms with Crippen LogP contribution in [0.4, 0.5) is 5.69 Å². The number of carbonyl (C=O) groups excluding carboxylic acids is 1. The van der Waals surface area contributed by atoms with Gasteiger partial charge in [-0.15, -0.1) is 0 Å². The zero-order valence-electron chi connectivity index (χ0n) is 11.4. The second kappa shape index (κ2) is 7.75. The molecule has 0 saturated heterocycles. The summed E-state index contributed by atoms with van der Waals surface area (Å²) >= 11 is 0. The van der Waals surface area contributed by atoms with E-state index in [1.165, 1.54) is 0 Å². The van der Waals surface area contributed by atoms with E-state index in [0.29, 0.717) is 30.0 Å². The highest BCUT2D eigenvalue weighted by Crippen LogP contribution is 2.23. The molecule has 0 aliphatic rings. The normalized spacial score (nSPS) is 10.3. The summed E-state index contributed by atoms with van der Waals surface area (Å²) in [5, 5.41) is 0. The molecule has 0 bridgehead atoms. The molecule has 0 aliphatic carbocycles. The van der Waals surface area contributed by atoms with E-state index in [4.69, 9.17) is 10.5 Å². The quantitative estimate of drug-likeness (QED) is 0.433. The topological polar surface area (TPSA) is 52.3 Å². The standard InChI is InChI=1S/C15H23NO2/c1-3-5-7-14(17)12-8-9-15(13(16)11-12)18-10-6-4-2/h8-9,11H,3-7,10,16H2,1-2H3. The third-order valence-corrected chi connectivity index (χ3v) is 2.84. The zero-order chi connectivity index (χ0) is 13.4. The smallest absolute Gasteiger partial charge is 0.162 e. The van der Waals surface area contributed by atoms with Gasteiger partial charge in [-0.25, -0.2) is 0 Å². The van der Waals surface area contributed by atoms with Gasteiger partial charge in [-0.2, -0.15) is 0 Å². The first-order valence-electron chi connectivity index (χ1n) is 6.74. The maximum absolute atomic E-state index is 11.8. The summed E-state index contributed by atoms with van der Waals surface area (Å²) in [6.07, 6.45) is 4.64. The van der Waals surface area contributed by atoms with Crippen LogP contribution < -0.4 is 10.5 Å². The Labute approximate surface area is 109 Å². The lowest BCUT2D eigenvalue weighted by Crippen LogP contribution is -2.03. The molecule has 1 aromatic carbocycles. The molecule has 0 saturated carbocycles. The molecule has 0 amide bonds. The molecule has 1 aromatic rings. The van der Waals surface area contributed by atoms with E-state index in [0.717, 1.165) is 25.7 Å². The van der Waals surface area contributed by atoms with Crippen molar-refractivity contribution in [2.75, 3.05) is 12.3 Å². The lowest BCUT2D eigenvalue weighted by molar-refractivity contribution is 0.0980. The van der Waals surface area contributed by atoms with Crippen molar-refractivity contribution in [2.45, 2.75) is 46.0 Å². The van der Waals surface area contributed by atoms with Gasteiger partial charge in [0, 0.05) is 12.0 Å². The molecule has 0 unspecified atom stereocenters. The van der Waals surface area contributed by atoms with Crippen molar-refractivity contribution < 1.29 is 9.53 Å². The number of anilines is 1. The number of carbonyl (C=O) groups is 1. The van der Waals surface area contributed by atoms with Gasteiger partial charge in [0.05, 0.1) is 12.3 Å². The number of ketones is 1. The van der Waals surface area contributed by atoms with Gasteiger partial charge in [0.2, 0.25) is 0 Å². The summed E-state index contributed by atoms with van der Waals surface area (Å²) in [7, 11) is 0. The summed E-state index contributed by atoms with van der Waals surface area (Å²) in [6.45, 7) is 4.86. The molecule has 0 radical (unpaired) electrons. The van der Waals surface area contributed by atoms with E-state index in [2.05, 4.69) is 13.8 Å². The molecular weight excluding hydrogens is 226 g/mol. The third kappa shape index (κ3) is 4.40. The van der Waals surface area contributed by atoms with Gasteiger partial charge in [-0.3, -0.25) is 4.79 Å². The molecule has 3 heteroatoms. The highest BCUT2D eigenvalue weighted by Gasteiger charge is 2.08. The fourth-order valence-electron chi connectivity index (χ4n) is 1.66. The lowest BCUT2D eigenvalue weighted by atomic mass is 10.0. The molecule has 2 N–H and O–H groups in total. The van der Waals surface area contributed by atoms with E-state index in [1.807, 2.05) is 0 Å². The van der Waals surface area contributed by atoms with Gasteiger partial charge < -0.3 is 10.5 Å². The lowest BCUT2D eigenvalue weighted by Gasteiger charge is -2.09. The predicted octanol–water partition coefficient (Wildman–Crippen LogP) is 3.82. The first kappa shape index (κ1) is 14.6. The van der Waals surface area contributed by atoms with Crippen LogP contribution in [0.25, 0.3) is 0 Å². The highest BCUT2D eigenvalue weighted by atomic mass is 16.5.